The fourth-order valence-corrected chi connectivity index (χ4v) is 16.3. The van der Waals surface area contributed by atoms with Crippen LogP contribution in [0.4, 0.5) is 0 Å². The molecule has 6 nitrogen and oxygen atoms in total. The van der Waals surface area contributed by atoms with Gasteiger partial charge in [0.25, 0.3) is 0 Å². The van der Waals surface area contributed by atoms with Crippen molar-refractivity contribution in [1.29, 1.82) is 0 Å². The molecule has 0 bridgehead atoms. The number of fused-ring (bicyclic) bond motifs is 19. The van der Waals surface area contributed by atoms with Crippen molar-refractivity contribution in [2.24, 2.45) is 0 Å². The average Bonchev–Trinajstić information content (AvgIpc) is 1.57. The van der Waals surface area contributed by atoms with Gasteiger partial charge in [0.2, 0.25) is 0 Å². The molecule has 0 saturated carbocycles. The van der Waals surface area contributed by atoms with Crippen molar-refractivity contribution in [3.05, 3.63) is 328 Å². The van der Waals surface area contributed by atoms with E-state index in [0.29, 0.717) is 0 Å². The highest BCUT2D eigenvalue weighted by Crippen LogP contribution is 2.45. The lowest BCUT2D eigenvalue weighted by atomic mass is 9.97. The van der Waals surface area contributed by atoms with Crippen molar-refractivity contribution in [2.45, 2.75) is 0 Å². The monoisotopic (exact) mass is 1190 g/mol. The summed E-state index contributed by atoms with van der Waals surface area (Å²) in [4.78, 5) is 0. The van der Waals surface area contributed by atoms with Gasteiger partial charge in [-0.25, -0.2) is 0 Å². The Bertz CT molecular complexity index is 6760. The summed E-state index contributed by atoms with van der Waals surface area (Å²) >= 11 is 0. The second-order valence-electron chi connectivity index (χ2n) is 25.2. The Morgan fingerprint density at radius 1 is 0.138 bits per heavy atom. The highest BCUT2D eigenvalue weighted by atomic mass is 15.0. The molecule has 15 aromatic carbocycles. The molecular formula is C88H54N6. The summed E-state index contributed by atoms with van der Waals surface area (Å²) in [5.74, 6) is 0. The lowest BCUT2D eigenvalue weighted by Gasteiger charge is -2.13. The predicted molar refractivity (Wildman–Crippen MR) is 395 cm³/mol. The number of benzene rings is 15. The molecule has 6 heteroatoms. The number of hydrogen-bond donors (Lipinski definition) is 0. The Morgan fingerprint density at radius 3 is 0.809 bits per heavy atom. The van der Waals surface area contributed by atoms with E-state index in [1.54, 1.807) is 0 Å². The van der Waals surface area contributed by atoms with Gasteiger partial charge in [-0.15, -0.1) is 0 Å². The number of hydrogen-bond acceptors (Lipinski definition) is 0. The van der Waals surface area contributed by atoms with E-state index in [-0.39, 0.29) is 0 Å². The first kappa shape index (κ1) is 51.1. The minimum absolute atomic E-state index is 1.12. The molecule has 21 aromatic rings. The van der Waals surface area contributed by atoms with E-state index in [9.17, 15) is 0 Å². The van der Waals surface area contributed by atoms with Crippen LogP contribution < -0.4 is 0 Å². The van der Waals surface area contributed by atoms with Gasteiger partial charge in [0.05, 0.1) is 66.2 Å². The topological polar surface area (TPSA) is 29.6 Å². The van der Waals surface area contributed by atoms with E-state index < -0.39 is 0 Å². The van der Waals surface area contributed by atoms with Crippen LogP contribution in [0, 0.1) is 0 Å². The fraction of sp³-hybridized carbons (Fsp3) is 0. The molecule has 6 aromatic heterocycles. The van der Waals surface area contributed by atoms with Crippen LogP contribution >= 0.6 is 0 Å². The molecule has 0 radical (unpaired) electrons. The van der Waals surface area contributed by atoms with E-state index in [1.807, 2.05) is 0 Å². The van der Waals surface area contributed by atoms with E-state index >= 15 is 0 Å². The van der Waals surface area contributed by atoms with Gasteiger partial charge in [-0.2, -0.15) is 0 Å². The summed E-state index contributed by atoms with van der Waals surface area (Å²) in [6.07, 6.45) is 0. The summed E-state index contributed by atoms with van der Waals surface area (Å²) in [5, 5.41) is 17.2. The minimum atomic E-state index is 1.12. The highest BCUT2D eigenvalue weighted by Gasteiger charge is 2.24. The molecular weight excluding hydrogens is 1140 g/mol. The first-order chi connectivity index (χ1) is 46.6. The number of para-hydroxylation sites is 8. The van der Waals surface area contributed by atoms with Gasteiger partial charge in [-0.1, -0.05) is 182 Å². The molecule has 436 valence electrons. The maximum Gasteiger partial charge on any atom is 0.0548 e. The second-order valence-corrected chi connectivity index (χ2v) is 25.2. The molecule has 0 amide bonds. The van der Waals surface area contributed by atoms with Crippen LogP contribution in [-0.2, 0) is 0 Å². The normalized spacial score (nSPS) is 12.3. The Kier molecular flexibility index (Phi) is 10.6. The maximum absolute atomic E-state index is 2.48. The van der Waals surface area contributed by atoms with Crippen molar-refractivity contribution < 1.29 is 0 Å². The van der Waals surface area contributed by atoms with Crippen molar-refractivity contribution in [1.82, 2.24) is 27.4 Å². The van der Waals surface area contributed by atoms with Crippen molar-refractivity contribution in [3.63, 3.8) is 0 Å². The van der Waals surface area contributed by atoms with Crippen molar-refractivity contribution in [3.8, 4) is 45.3 Å². The number of aromatic nitrogens is 6. The zero-order valence-electron chi connectivity index (χ0n) is 50.9. The first-order valence-corrected chi connectivity index (χ1v) is 32.4. The average molecular weight is 1200 g/mol. The van der Waals surface area contributed by atoms with Crippen molar-refractivity contribution in [2.75, 3.05) is 0 Å². The maximum atomic E-state index is 2.48. The summed E-state index contributed by atoms with van der Waals surface area (Å²) in [6, 6.07) is 121. The van der Waals surface area contributed by atoms with Gasteiger partial charge < -0.3 is 27.4 Å². The smallest absolute Gasteiger partial charge is 0.0548 e. The van der Waals surface area contributed by atoms with Gasteiger partial charge in [0.15, 0.2) is 0 Å². The molecule has 0 aliphatic heterocycles. The van der Waals surface area contributed by atoms with Crippen molar-refractivity contribution >= 4 is 142 Å². The zero-order chi connectivity index (χ0) is 61.3. The molecule has 0 saturated heterocycles. The first-order valence-electron chi connectivity index (χ1n) is 32.4. The Labute approximate surface area is 538 Å². The van der Waals surface area contributed by atoms with Crippen LogP contribution in [0.3, 0.4) is 0 Å². The molecule has 0 N–H and O–H groups in total. The molecule has 0 aliphatic rings. The largest absolute Gasteiger partial charge is 0.309 e. The molecule has 0 aliphatic carbocycles. The van der Waals surface area contributed by atoms with Gasteiger partial charge in [0, 0.05) is 98.8 Å². The molecule has 0 spiro atoms. The van der Waals surface area contributed by atoms with Gasteiger partial charge in [-0.05, 0) is 167 Å². The Hall–Kier alpha value is -12.6. The Balaban J connectivity index is 0.659. The summed E-state index contributed by atoms with van der Waals surface area (Å²) in [7, 11) is 0. The third-order valence-electron chi connectivity index (χ3n) is 20.3. The lowest BCUT2D eigenvalue weighted by Crippen LogP contribution is -1.96. The van der Waals surface area contributed by atoms with Crippen LogP contribution in [0.1, 0.15) is 0 Å². The third kappa shape index (κ3) is 7.19. The molecule has 0 unspecified atom stereocenters. The molecule has 94 heavy (non-hydrogen) atoms. The van der Waals surface area contributed by atoms with E-state index in [1.165, 1.54) is 153 Å². The number of rotatable bonds is 7. The van der Waals surface area contributed by atoms with E-state index in [2.05, 4.69) is 355 Å². The van der Waals surface area contributed by atoms with Crippen LogP contribution in [0.25, 0.3) is 187 Å². The number of nitrogens with zero attached hydrogens (tertiary/aromatic N) is 6. The molecule has 0 atom stereocenters. The van der Waals surface area contributed by atoms with E-state index in [0.717, 1.165) is 34.1 Å². The summed E-state index contributed by atoms with van der Waals surface area (Å²) in [5.41, 5.74) is 23.5. The molecule has 0 fully saturated rings. The van der Waals surface area contributed by atoms with Gasteiger partial charge in [0.1, 0.15) is 0 Å². The fourth-order valence-electron chi connectivity index (χ4n) is 16.3. The molecule has 6 heterocycles. The van der Waals surface area contributed by atoms with Crippen LogP contribution in [0.2, 0.25) is 0 Å². The van der Waals surface area contributed by atoms with E-state index in [4.69, 9.17) is 0 Å². The predicted octanol–water partition coefficient (Wildman–Crippen LogP) is 23.1. The zero-order valence-corrected chi connectivity index (χ0v) is 50.9. The van der Waals surface area contributed by atoms with Gasteiger partial charge in [-0.3, -0.25) is 0 Å². The standard InChI is InChI=1S/C88H54N6/c1-3-21-57(22-4-1)89-77-32-13-7-25-65(77)71-49-61(43-46-83(71)89)93-82-37-18-12-30-70(82)76-52-86-74(54-88(76)93)68-28-10-15-34-79(68)91(86)59-40-38-55(39-41-59)63-31-19-20-56-48-60(42-45-64(56)63)92-80-35-16-8-26-66(80)72-50-62(44-47-84(72)92)94-81-36-17-11-29-69(81)75-51-85-73(53-87(75)94)67-27-9-14-33-78(67)90(85)58-23-5-2-6-24-58/h1-54H. The lowest BCUT2D eigenvalue weighted by molar-refractivity contribution is 1.16. The van der Waals surface area contributed by atoms with Gasteiger partial charge >= 0.3 is 0 Å². The van der Waals surface area contributed by atoms with Crippen LogP contribution in [0.15, 0.2) is 328 Å². The molecule has 21 rings (SSSR count). The quantitative estimate of drug-likeness (QED) is 0.152. The summed E-state index contributed by atoms with van der Waals surface area (Å²) < 4.78 is 14.7. The van der Waals surface area contributed by atoms with Crippen LogP contribution in [0.5, 0.6) is 0 Å². The Morgan fingerprint density at radius 2 is 0.415 bits per heavy atom. The third-order valence-corrected chi connectivity index (χ3v) is 20.3. The summed E-state index contributed by atoms with van der Waals surface area (Å²) in [6.45, 7) is 0. The highest BCUT2D eigenvalue weighted by molar-refractivity contribution is 6.22. The SMILES string of the molecule is c1ccc(-n2c3ccccc3c3cc(-n4c5ccccc5c5cc6c(cc54)c4ccccc4n6-c4ccc(-c5cccc6cc(-n7c8ccccc8c8cc(-n9c%10ccccc%10c%10cc%11c(cc%109)c9ccccc9n%11-c9ccccc9)ccc87)ccc56)cc4)ccc32)cc1. The second kappa shape index (κ2) is 19.4. The van der Waals surface area contributed by atoms with Crippen LogP contribution in [-0.4, -0.2) is 27.4 Å². The minimum Gasteiger partial charge on any atom is -0.309 e.